The van der Waals surface area contributed by atoms with Gasteiger partial charge in [-0.1, -0.05) is 42.5 Å². The predicted molar refractivity (Wildman–Crippen MR) is 129 cm³/mol. The van der Waals surface area contributed by atoms with Crippen molar-refractivity contribution < 1.29 is 9.78 Å². The molecule has 158 valence electrons. The number of nitrogens with one attached hydrogen (secondary N) is 3. The number of pyridine rings is 1. The molecule has 0 bridgehead atoms. The van der Waals surface area contributed by atoms with E-state index in [9.17, 15) is 4.79 Å². The maximum absolute atomic E-state index is 12.6. The summed E-state index contributed by atoms with van der Waals surface area (Å²) in [5.74, 6) is 0.625. The first-order valence-corrected chi connectivity index (χ1v) is 10.0. The van der Waals surface area contributed by atoms with Gasteiger partial charge < -0.3 is 22.1 Å². The van der Waals surface area contributed by atoms with Crippen molar-refractivity contribution in [2.75, 3.05) is 16.4 Å². The van der Waals surface area contributed by atoms with E-state index in [2.05, 4.69) is 20.6 Å². The zero-order valence-corrected chi connectivity index (χ0v) is 17.2. The van der Waals surface area contributed by atoms with Crippen LogP contribution in [0.1, 0.15) is 10.4 Å². The third-order valence-corrected chi connectivity index (χ3v) is 4.75. The first-order valence-electron chi connectivity index (χ1n) is 10.0. The molecule has 0 radical (unpaired) electrons. The molecule has 0 aliphatic rings. The zero-order valence-electron chi connectivity index (χ0n) is 17.2. The molecule has 0 saturated carbocycles. The van der Waals surface area contributed by atoms with Crippen LogP contribution < -0.4 is 27.1 Å². The van der Waals surface area contributed by atoms with Gasteiger partial charge in [-0.2, -0.15) is 0 Å². The fraction of sp³-hybridized carbons (Fsp3) is 0. The minimum Gasteiger partial charge on any atom is -0.397 e. The third kappa shape index (κ3) is 5.09. The predicted octanol–water partition coefficient (Wildman–Crippen LogP) is 4.06. The van der Waals surface area contributed by atoms with E-state index in [4.69, 9.17) is 11.5 Å². The topological polar surface area (TPSA) is 120 Å². The molecule has 7 N–H and O–H groups in total. The van der Waals surface area contributed by atoms with Crippen molar-refractivity contribution >= 4 is 34.7 Å². The number of carbonyl (C=O) groups is 1. The Morgan fingerprint density at radius 3 is 2.34 bits per heavy atom. The Bertz CT molecular complexity index is 1250. The van der Waals surface area contributed by atoms with E-state index in [0.717, 1.165) is 16.8 Å². The number of aromatic nitrogens is 1. The molecule has 1 heterocycles. The number of H-pyrrole nitrogens is 1. The van der Waals surface area contributed by atoms with Gasteiger partial charge in [0.25, 0.3) is 5.91 Å². The number of nitrogens with zero attached hydrogens (tertiary/aromatic N) is 1. The minimum absolute atomic E-state index is 0.165. The molecule has 0 fully saturated rings. The lowest BCUT2D eigenvalue weighted by atomic mass is 10.0. The molecular formula is C25H23N6O+. The molecule has 7 nitrogen and oxygen atoms in total. The highest BCUT2D eigenvalue weighted by atomic mass is 16.1. The zero-order chi connectivity index (χ0) is 22.3. The summed E-state index contributed by atoms with van der Waals surface area (Å²) < 4.78 is 0. The molecule has 0 spiro atoms. The SMILES string of the molecule is NC(=Nc1ccc(-c2cccc(C(=O)Nc3ccccc3)c2)c[nH+]1)Nc1ccccc1N. The second-order valence-electron chi connectivity index (χ2n) is 7.07. The summed E-state index contributed by atoms with van der Waals surface area (Å²) in [7, 11) is 0. The number of carbonyl (C=O) groups excluding carboxylic acids is 1. The van der Waals surface area contributed by atoms with Gasteiger partial charge in [0.1, 0.15) is 0 Å². The van der Waals surface area contributed by atoms with Crippen molar-refractivity contribution in [2.24, 2.45) is 10.7 Å². The van der Waals surface area contributed by atoms with E-state index < -0.39 is 0 Å². The van der Waals surface area contributed by atoms with E-state index in [1.54, 1.807) is 12.1 Å². The van der Waals surface area contributed by atoms with Crippen LogP contribution in [0, 0.1) is 0 Å². The Morgan fingerprint density at radius 1 is 0.812 bits per heavy atom. The Hall–Kier alpha value is -4.65. The molecule has 0 saturated heterocycles. The second-order valence-corrected chi connectivity index (χ2v) is 7.07. The van der Waals surface area contributed by atoms with Crippen molar-refractivity contribution in [3.05, 3.63) is 103 Å². The number of anilines is 3. The fourth-order valence-electron chi connectivity index (χ4n) is 3.14. The first-order chi connectivity index (χ1) is 15.6. The number of aliphatic imine (C=N–C) groups is 1. The van der Waals surface area contributed by atoms with Crippen LogP contribution in [-0.2, 0) is 0 Å². The van der Waals surface area contributed by atoms with Gasteiger partial charge in [0, 0.05) is 22.9 Å². The lowest BCUT2D eigenvalue weighted by molar-refractivity contribution is -0.361. The van der Waals surface area contributed by atoms with E-state index in [-0.39, 0.29) is 11.9 Å². The Kier molecular flexibility index (Phi) is 6.08. The molecule has 0 aliphatic heterocycles. The number of hydrogen-bond acceptors (Lipinski definition) is 3. The number of amides is 1. The van der Waals surface area contributed by atoms with Gasteiger partial charge in [0.05, 0.1) is 17.6 Å². The smallest absolute Gasteiger partial charge is 0.325 e. The summed E-state index contributed by atoms with van der Waals surface area (Å²) in [6.07, 6.45) is 1.82. The molecule has 0 unspecified atom stereocenters. The number of para-hydroxylation sites is 3. The maximum Gasteiger partial charge on any atom is 0.325 e. The van der Waals surface area contributed by atoms with Crippen molar-refractivity contribution in [1.29, 1.82) is 0 Å². The summed E-state index contributed by atoms with van der Waals surface area (Å²) in [5.41, 5.74) is 16.3. The number of hydrogen-bond donors (Lipinski definition) is 4. The number of nitrogen functional groups attached to an aromatic ring is 1. The number of rotatable bonds is 5. The molecule has 7 heteroatoms. The summed E-state index contributed by atoms with van der Waals surface area (Å²) in [5, 5.41) is 5.88. The van der Waals surface area contributed by atoms with Crippen LogP contribution in [0.25, 0.3) is 11.1 Å². The second kappa shape index (κ2) is 9.44. The van der Waals surface area contributed by atoms with Gasteiger partial charge >= 0.3 is 11.8 Å². The van der Waals surface area contributed by atoms with Crippen molar-refractivity contribution in [3.8, 4) is 11.1 Å². The van der Waals surface area contributed by atoms with Crippen LogP contribution in [-0.4, -0.2) is 11.9 Å². The number of nitrogens with two attached hydrogens (primary N) is 2. The Balaban J connectivity index is 1.47. The lowest BCUT2D eigenvalue weighted by Gasteiger charge is -2.07. The number of guanidine groups is 1. The van der Waals surface area contributed by atoms with E-state index in [1.165, 1.54) is 0 Å². The molecule has 4 aromatic rings. The van der Waals surface area contributed by atoms with Gasteiger partial charge in [-0.25, -0.2) is 4.98 Å². The average Bonchev–Trinajstić information content (AvgIpc) is 2.82. The highest BCUT2D eigenvalue weighted by Crippen LogP contribution is 2.21. The monoisotopic (exact) mass is 423 g/mol. The van der Waals surface area contributed by atoms with Gasteiger partial charge in [0.15, 0.2) is 0 Å². The molecule has 32 heavy (non-hydrogen) atoms. The highest BCUT2D eigenvalue weighted by Gasteiger charge is 2.10. The first kappa shape index (κ1) is 20.6. The highest BCUT2D eigenvalue weighted by molar-refractivity contribution is 6.05. The molecule has 0 aliphatic carbocycles. The molecular weight excluding hydrogens is 400 g/mol. The summed E-state index contributed by atoms with van der Waals surface area (Å²) in [4.78, 5) is 20.0. The van der Waals surface area contributed by atoms with E-state index in [0.29, 0.717) is 22.8 Å². The van der Waals surface area contributed by atoms with Crippen LogP contribution in [0.2, 0.25) is 0 Å². The van der Waals surface area contributed by atoms with E-state index in [1.807, 2.05) is 85.1 Å². The Morgan fingerprint density at radius 2 is 1.59 bits per heavy atom. The quantitative estimate of drug-likeness (QED) is 0.220. The van der Waals surface area contributed by atoms with Crippen molar-refractivity contribution in [3.63, 3.8) is 0 Å². The minimum atomic E-state index is -0.165. The normalized spacial score (nSPS) is 11.1. The number of benzene rings is 3. The van der Waals surface area contributed by atoms with Gasteiger partial charge in [-0.05, 0) is 53.0 Å². The van der Waals surface area contributed by atoms with Crippen LogP contribution in [0.15, 0.2) is 102 Å². The number of aromatic amines is 1. The third-order valence-electron chi connectivity index (χ3n) is 4.75. The molecule has 0 atom stereocenters. The molecule has 1 amide bonds. The van der Waals surface area contributed by atoms with Crippen molar-refractivity contribution in [1.82, 2.24) is 0 Å². The summed E-state index contributed by atoms with van der Waals surface area (Å²) in [6, 6.07) is 27.8. The summed E-state index contributed by atoms with van der Waals surface area (Å²) >= 11 is 0. The van der Waals surface area contributed by atoms with Crippen LogP contribution in [0.3, 0.4) is 0 Å². The average molecular weight is 424 g/mol. The standard InChI is InChI=1S/C25H22N6O/c26-21-11-4-5-12-22(21)30-25(27)31-23-14-13-19(16-28-23)17-7-6-8-18(15-17)24(32)29-20-9-2-1-3-10-20/h1-16H,26H2,(H,29,32)(H3,27,28,30,31)/p+1. The van der Waals surface area contributed by atoms with Crippen LogP contribution in [0.4, 0.5) is 22.9 Å². The summed E-state index contributed by atoms with van der Waals surface area (Å²) in [6.45, 7) is 0. The van der Waals surface area contributed by atoms with Gasteiger partial charge in [-0.3, -0.25) is 4.79 Å². The lowest BCUT2D eigenvalue weighted by Crippen LogP contribution is -2.23. The molecule has 4 rings (SSSR count). The molecule has 3 aromatic carbocycles. The van der Waals surface area contributed by atoms with Crippen molar-refractivity contribution in [2.45, 2.75) is 0 Å². The van der Waals surface area contributed by atoms with Crippen LogP contribution >= 0.6 is 0 Å². The van der Waals surface area contributed by atoms with E-state index >= 15 is 0 Å². The Labute approximate surface area is 185 Å². The van der Waals surface area contributed by atoms with Gasteiger partial charge in [0.2, 0.25) is 0 Å². The fourth-order valence-corrected chi connectivity index (χ4v) is 3.14. The van der Waals surface area contributed by atoms with Gasteiger partial charge in [-0.15, -0.1) is 0 Å². The molecule has 1 aromatic heterocycles. The maximum atomic E-state index is 12.6. The largest absolute Gasteiger partial charge is 0.397 e. The van der Waals surface area contributed by atoms with Crippen LogP contribution in [0.5, 0.6) is 0 Å².